The first kappa shape index (κ1) is 13.2. The van der Waals surface area contributed by atoms with E-state index in [0.717, 1.165) is 17.2 Å². The molecular weight excluding hydrogens is 266 g/mol. The maximum Gasteiger partial charge on any atom is 0.193 e. The maximum absolute atomic E-state index is 4.60. The van der Waals surface area contributed by atoms with Crippen LogP contribution in [0.15, 0.2) is 42.0 Å². The zero-order chi connectivity index (χ0) is 14.2. The van der Waals surface area contributed by atoms with Crippen LogP contribution in [0.25, 0.3) is 4.96 Å². The molecule has 1 N–H and O–H groups in total. The highest BCUT2D eigenvalue weighted by atomic mass is 32.1. The quantitative estimate of drug-likeness (QED) is 0.777. The molecular formula is C16H19N3S. The largest absolute Gasteiger partial charge is 0.379 e. The summed E-state index contributed by atoms with van der Waals surface area (Å²) in [4.78, 5) is 5.65. The molecule has 0 radical (unpaired) electrons. The maximum atomic E-state index is 4.60. The van der Waals surface area contributed by atoms with Gasteiger partial charge in [-0.1, -0.05) is 39.0 Å². The number of fused-ring (bicyclic) bond motifs is 1. The minimum absolute atomic E-state index is 0.137. The first-order valence-corrected chi connectivity index (χ1v) is 7.66. The van der Waals surface area contributed by atoms with Gasteiger partial charge in [0.15, 0.2) is 4.96 Å². The summed E-state index contributed by atoms with van der Waals surface area (Å²) in [5, 5.41) is 5.57. The lowest BCUT2D eigenvalue weighted by atomic mass is 9.86. The van der Waals surface area contributed by atoms with Gasteiger partial charge in [0.25, 0.3) is 0 Å². The standard InChI is InChI=1S/C16H19N3S/c1-16(2,3)13-6-4-5-7-14(13)17-10-12-11-19-8-9-20-15(19)18-12/h4-9,11,17H,10H2,1-3H3. The number of para-hydroxylation sites is 1. The van der Waals surface area contributed by atoms with Crippen LogP contribution < -0.4 is 5.32 Å². The Kier molecular flexibility index (Phi) is 3.26. The highest BCUT2D eigenvalue weighted by molar-refractivity contribution is 7.15. The van der Waals surface area contributed by atoms with Crippen LogP contribution in [-0.4, -0.2) is 9.38 Å². The molecule has 104 valence electrons. The summed E-state index contributed by atoms with van der Waals surface area (Å²) < 4.78 is 2.07. The molecule has 2 heterocycles. The van der Waals surface area contributed by atoms with Crippen molar-refractivity contribution in [2.45, 2.75) is 32.7 Å². The molecule has 20 heavy (non-hydrogen) atoms. The molecule has 0 aliphatic rings. The Labute approximate surface area is 123 Å². The number of rotatable bonds is 3. The van der Waals surface area contributed by atoms with E-state index in [0.29, 0.717) is 0 Å². The van der Waals surface area contributed by atoms with Crippen molar-refractivity contribution in [1.82, 2.24) is 9.38 Å². The Morgan fingerprint density at radius 3 is 2.80 bits per heavy atom. The van der Waals surface area contributed by atoms with E-state index in [1.807, 2.05) is 6.20 Å². The highest BCUT2D eigenvalue weighted by Gasteiger charge is 2.17. The summed E-state index contributed by atoms with van der Waals surface area (Å²) in [7, 11) is 0. The van der Waals surface area contributed by atoms with Crippen molar-refractivity contribution in [3.63, 3.8) is 0 Å². The molecule has 0 saturated carbocycles. The van der Waals surface area contributed by atoms with Gasteiger partial charge in [-0.25, -0.2) is 4.98 Å². The van der Waals surface area contributed by atoms with Gasteiger partial charge in [-0.15, -0.1) is 11.3 Å². The topological polar surface area (TPSA) is 29.3 Å². The lowest BCUT2D eigenvalue weighted by Gasteiger charge is -2.23. The SMILES string of the molecule is CC(C)(C)c1ccccc1NCc1cn2ccsc2n1. The molecule has 0 aliphatic carbocycles. The molecule has 3 aromatic rings. The van der Waals surface area contributed by atoms with E-state index >= 15 is 0 Å². The van der Waals surface area contributed by atoms with Crippen LogP contribution in [0.3, 0.4) is 0 Å². The number of benzene rings is 1. The molecule has 0 fully saturated rings. The van der Waals surface area contributed by atoms with Crippen molar-refractivity contribution in [2.24, 2.45) is 0 Å². The molecule has 0 amide bonds. The monoisotopic (exact) mass is 285 g/mol. The van der Waals surface area contributed by atoms with E-state index < -0.39 is 0 Å². The smallest absolute Gasteiger partial charge is 0.193 e. The molecule has 0 unspecified atom stereocenters. The van der Waals surface area contributed by atoms with Crippen LogP contribution in [0, 0.1) is 0 Å². The average Bonchev–Trinajstić information content (AvgIpc) is 2.96. The Bertz CT molecular complexity index is 690. The Hall–Kier alpha value is -1.81. The fourth-order valence-corrected chi connectivity index (χ4v) is 3.06. The second-order valence-corrected chi connectivity index (χ2v) is 6.85. The summed E-state index contributed by atoms with van der Waals surface area (Å²) in [6, 6.07) is 8.49. The molecule has 0 saturated heterocycles. The zero-order valence-corrected chi connectivity index (χ0v) is 12.9. The average molecular weight is 285 g/mol. The van der Waals surface area contributed by atoms with E-state index in [4.69, 9.17) is 0 Å². The predicted octanol–water partition coefficient (Wildman–Crippen LogP) is 4.31. The van der Waals surface area contributed by atoms with Crippen LogP contribution >= 0.6 is 11.3 Å². The number of anilines is 1. The second-order valence-electron chi connectivity index (χ2n) is 5.97. The molecule has 1 aromatic carbocycles. The lowest BCUT2D eigenvalue weighted by molar-refractivity contribution is 0.591. The van der Waals surface area contributed by atoms with Crippen molar-refractivity contribution in [2.75, 3.05) is 5.32 Å². The third-order valence-electron chi connectivity index (χ3n) is 3.34. The van der Waals surface area contributed by atoms with E-state index in [1.165, 1.54) is 11.3 Å². The molecule has 2 aromatic heterocycles. The van der Waals surface area contributed by atoms with Crippen LogP contribution in [0.2, 0.25) is 0 Å². The Morgan fingerprint density at radius 1 is 1.25 bits per heavy atom. The van der Waals surface area contributed by atoms with Crippen LogP contribution in [-0.2, 0) is 12.0 Å². The third-order valence-corrected chi connectivity index (χ3v) is 4.11. The Balaban J connectivity index is 1.80. The molecule has 0 aliphatic heterocycles. The van der Waals surface area contributed by atoms with Crippen molar-refractivity contribution in [3.05, 3.63) is 53.3 Å². The van der Waals surface area contributed by atoms with Gasteiger partial charge >= 0.3 is 0 Å². The van der Waals surface area contributed by atoms with Gasteiger partial charge in [-0.05, 0) is 17.0 Å². The van der Waals surface area contributed by atoms with Gasteiger partial charge in [0.1, 0.15) is 0 Å². The summed E-state index contributed by atoms with van der Waals surface area (Å²) in [6.45, 7) is 7.46. The molecule has 0 spiro atoms. The fourth-order valence-electron chi connectivity index (χ4n) is 2.34. The van der Waals surface area contributed by atoms with Gasteiger partial charge in [0, 0.05) is 23.5 Å². The van der Waals surface area contributed by atoms with Crippen LogP contribution in [0.1, 0.15) is 32.0 Å². The van der Waals surface area contributed by atoms with E-state index in [1.54, 1.807) is 11.3 Å². The van der Waals surface area contributed by atoms with Crippen molar-refractivity contribution in [3.8, 4) is 0 Å². The number of hydrogen-bond acceptors (Lipinski definition) is 3. The number of thiazole rings is 1. The fraction of sp³-hybridized carbons (Fsp3) is 0.312. The number of hydrogen-bond donors (Lipinski definition) is 1. The molecule has 0 bridgehead atoms. The number of nitrogens with one attached hydrogen (secondary N) is 1. The van der Waals surface area contributed by atoms with Gasteiger partial charge in [-0.2, -0.15) is 0 Å². The van der Waals surface area contributed by atoms with Crippen molar-refractivity contribution in [1.29, 1.82) is 0 Å². The summed E-state index contributed by atoms with van der Waals surface area (Å²) in [5.74, 6) is 0. The first-order chi connectivity index (χ1) is 9.54. The van der Waals surface area contributed by atoms with E-state index in [-0.39, 0.29) is 5.41 Å². The number of aromatic nitrogens is 2. The van der Waals surface area contributed by atoms with Gasteiger partial charge in [0.05, 0.1) is 12.2 Å². The van der Waals surface area contributed by atoms with Crippen LogP contribution in [0.4, 0.5) is 5.69 Å². The van der Waals surface area contributed by atoms with Crippen LogP contribution in [0.5, 0.6) is 0 Å². The van der Waals surface area contributed by atoms with E-state index in [2.05, 4.69) is 71.3 Å². The lowest BCUT2D eigenvalue weighted by Crippen LogP contribution is -2.14. The molecule has 4 heteroatoms. The van der Waals surface area contributed by atoms with Gasteiger partial charge in [0.2, 0.25) is 0 Å². The molecule has 3 rings (SSSR count). The Morgan fingerprint density at radius 2 is 2.05 bits per heavy atom. The second kappa shape index (κ2) is 4.94. The van der Waals surface area contributed by atoms with Crippen molar-refractivity contribution >= 4 is 22.0 Å². The molecule has 3 nitrogen and oxygen atoms in total. The predicted molar refractivity (Wildman–Crippen MR) is 85.5 cm³/mol. The highest BCUT2D eigenvalue weighted by Crippen LogP contribution is 2.29. The normalized spacial score (nSPS) is 11.9. The number of imidazole rings is 1. The minimum atomic E-state index is 0.137. The van der Waals surface area contributed by atoms with Crippen molar-refractivity contribution < 1.29 is 0 Å². The summed E-state index contributed by atoms with van der Waals surface area (Å²) >= 11 is 1.66. The minimum Gasteiger partial charge on any atom is -0.379 e. The summed E-state index contributed by atoms with van der Waals surface area (Å²) in [6.07, 6.45) is 4.12. The zero-order valence-electron chi connectivity index (χ0n) is 12.1. The van der Waals surface area contributed by atoms with E-state index in [9.17, 15) is 0 Å². The first-order valence-electron chi connectivity index (χ1n) is 6.78. The molecule has 0 atom stereocenters. The summed E-state index contributed by atoms with van der Waals surface area (Å²) in [5.41, 5.74) is 3.73. The van der Waals surface area contributed by atoms with Gasteiger partial charge < -0.3 is 5.32 Å². The third kappa shape index (κ3) is 2.56. The number of nitrogens with zero attached hydrogens (tertiary/aromatic N) is 2. The van der Waals surface area contributed by atoms with Gasteiger partial charge in [-0.3, -0.25) is 4.40 Å².